The topological polar surface area (TPSA) is 59.0 Å². The smallest absolute Gasteiger partial charge is 0.416 e. The molecule has 3 rings (SSSR count). The number of rotatable bonds is 6. The molecule has 2 aromatic rings. The lowest BCUT2D eigenvalue weighted by atomic mass is 10.2. The number of halogens is 3. The summed E-state index contributed by atoms with van der Waals surface area (Å²) in [6, 6.07) is 13.0. The molecule has 0 aromatic heterocycles. The molecule has 0 heterocycles. The number of carbonyl (C=O) groups excluding carboxylic acids is 2. The van der Waals surface area contributed by atoms with Crippen molar-refractivity contribution in [3.8, 4) is 0 Å². The highest BCUT2D eigenvalue weighted by atomic mass is 19.4. The molecule has 0 unspecified atom stereocenters. The maximum Gasteiger partial charge on any atom is 0.416 e. The van der Waals surface area contributed by atoms with Crippen molar-refractivity contribution in [2.45, 2.75) is 19.0 Å². The summed E-state index contributed by atoms with van der Waals surface area (Å²) in [5.74, 6) is -1.42. The van der Waals surface area contributed by atoms with Crippen molar-refractivity contribution in [3.05, 3.63) is 65.7 Å². The molecule has 2 aromatic carbocycles. The number of carbonyl (C=O) groups is 2. The van der Waals surface area contributed by atoms with E-state index >= 15 is 0 Å². The molecule has 1 aliphatic rings. The third-order valence-corrected chi connectivity index (χ3v) is 4.02. The van der Waals surface area contributed by atoms with E-state index in [4.69, 9.17) is 4.74 Å². The van der Waals surface area contributed by atoms with Crippen molar-refractivity contribution in [2.24, 2.45) is 11.0 Å². The number of esters is 1. The summed E-state index contributed by atoms with van der Waals surface area (Å²) < 4.78 is 44.0. The summed E-state index contributed by atoms with van der Waals surface area (Å²) in [5.41, 5.74) is -0.329. The van der Waals surface area contributed by atoms with Gasteiger partial charge in [-0.15, -0.1) is 0 Å². The Labute approximate surface area is 159 Å². The minimum atomic E-state index is -4.56. The van der Waals surface area contributed by atoms with Gasteiger partial charge in [0.2, 0.25) is 0 Å². The Bertz CT molecular complexity index is 878. The first-order chi connectivity index (χ1) is 13.3. The molecule has 0 saturated heterocycles. The highest BCUT2D eigenvalue weighted by Crippen LogP contribution is 2.32. The maximum absolute atomic E-state index is 13.0. The lowest BCUT2D eigenvalue weighted by Gasteiger charge is -2.18. The van der Waals surface area contributed by atoms with E-state index in [0.29, 0.717) is 5.56 Å². The van der Waals surface area contributed by atoms with Gasteiger partial charge in [-0.05, 0) is 36.6 Å². The predicted octanol–water partition coefficient (Wildman–Crippen LogP) is 4.03. The van der Waals surface area contributed by atoms with Crippen LogP contribution >= 0.6 is 0 Å². The third-order valence-electron chi connectivity index (χ3n) is 4.02. The minimum Gasteiger partial charge on any atom is -0.455 e. The third kappa shape index (κ3) is 5.18. The first kappa shape index (κ1) is 19.6. The number of hydrogen-bond donors (Lipinski definition) is 0. The fourth-order valence-electron chi connectivity index (χ4n) is 2.38. The summed E-state index contributed by atoms with van der Waals surface area (Å²) in [4.78, 5) is 24.2. The van der Waals surface area contributed by atoms with Crippen molar-refractivity contribution in [1.29, 1.82) is 0 Å². The molecule has 0 N–H and O–H groups in total. The second-order valence-corrected chi connectivity index (χ2v) is 6.29. The zero-order valence-electron chi connectivity index (χ0n) is 14.7. The van der Waals surface area contributed by atoms with Crippen molar-refractivity contribution in [2.75, 3.05) is 11.6 Å². The highest BCUT2D eigenvalue weighted by molar-refractivity contribution is 5.97. The Balaban J connectivity index is 1.84. The molecule has 0 spiro atoms. The van der Waals surface area contributed by atoms with Gasteiger partial charge in [-0.1, -0.05) is 36.4 Å². The largest absolute Gasteiger partial charge is 0.455 e. The Kier molecular flexibility index (Phi) is 5.77. The quantitative estimate of drug-likeness (QED) is 0.425. The molecule has 0 radical (unpaired) electrons. The van der Waals surface area contributed by atoms with E-state index in [9.17, 15) is 22.8 Å². The molecule has 28 heavy (non-hydrogen) atoms. The number of hydrogen-bond acceptors (Lipinski definition) is 4. The molecule has 0 bridgehead atoms. The number of nitrogens with zero attached hydrogens (tertiary/aromatic N) is 2. The molecular formula is C20H17F3N2O3. The summed E-state index contributed by atoms with van der Waals surface area (Å²) in [5, 5.41) is 4.83. The first-order valence-electron chi connectivity index (χ1n) is 8.60. The number of amides is 1. The van der Waals surface area contributed by atoms with Gasteiger partial charge in [0.25, 0.3) is 5.91 Å². The van der Waals surface area contributed by atoms with Crippen molar-refractivity contribution >= 4 is 23.8 Å². The van der Waals surface area contributed by atoms with E-state index in [1.807, 2.05) is 0 Å². The van der Waals surface area contributed by atoms with E-state index in [1.165, 1.54) is 18.3 Å². The van der Waals surface area contributed by atoms with Crippen LogP contribution in [0.15, 0.2) is 59.7 Å². The second-order valence-electron chi connectivity index (χ2n) is 6.29. The van der Waals surface area contributed by atoms with Gasteiger partial charge in [0.05, 0.1) is 23.4 Å². The summed E-state index contributed by atoms with van der Waals surface area (Å²) in [6.45, 7) is -0.599. The highest BCUT2D eigenvalue weighted by Gasteiger charge is 2.33. The molecular weight excluding hydrogens is 373 g/mol. The number of anilines is 1. The second kappa shape index (κ2) is 8.24. The maximum atomic E-state index is 13.0. The normalized spacial score (nSPS) is 14.1. The van der Waals surface area contributed by atoms with E-state index in [0.717, 1.165) is 30.0 Å². The van der Waals surface area contributed by atoms with Crippen LogP contribution in [0.5, 0.6) is 0 Å². The van der Waals surface area contributed by atoms with Gasteiger partial charge in [0.15, 0.2) is 6.61 Å². The zero-order valence-corrected chi connectivity index (χ0v) is 14.7. The molecule has 5 nitrogen and oxygen atoms in total. The predicted molar refractivity (Wildman–Crippen MR) is 96.6 cm³/mol. The van der Waals surface area contributed by atoms with Gasteiger partial charge < -0.3 is 4.74 Å². The SMILES string of the molecule is O=C(OCC(=O)N(/N=C/c1ccccc1)c1cccc(C(F)(F)F)c1)C1CC1. The number of hydrazone groups is 1. The standard InChI is InChI=1S/C20H17F3N2O3/c21-20(22,23)16-7-4-8-17(11-16)25(24-12-14-5-2-1-3-6-14)18(26)13-28-19(27)15-9-10-15/h1-8,11-12,15H,9-10,13H2/b24-12+. The summed E-state index contributed by atoms with van der Waals surface area (Å²) >= 11 is 0. The molecule has 0 aliphatic heterocycles. The van der Waals surface area contributed by atoms with Crippen LogP contribution in [0.2, 0.25) is 0 Å². The summed E-state index contributed by atoms with van der Waals surface area (Å²) in [6.07, 6.45) is -1.78. The van der Waals surface area contributed by atoms with Crippen LogP contribution < -0.4 is 5.01 Å². The van der Waals surface area contributed by atoms with Crippen molar-refractivity contribution in [1.82, 2.24) is 0 Å². The van der Waals surface area contributed by atoms with E-state index in [1.54, 1.807) is 30.3 Å². The van der Waals surface area contributed by atoms with Gasteiger partial charge in [-0.2, -0.15) is 23.3 Å². The lowest BCUT2D eigenvalue weighted by Crippen LogP contribution is -2.31. The number of ether oxygens (including phenoxy) is 1. The number of benzene rings is 2. The van der Waals surface area contributed by atoms with Crippen LogP contribution in [-0.4, -0.2) is 24.7 Å². The molecule has 1 fully saturated rings. The van der Waals surface area contributed by atoms with Gasteiger partial charge in [-0.3, -0.25) is 9.59 Å². The van der Waals surface area contributed by atoms with E-state index in [2.05, 4.69) is 5.10 Å². The Morgan fingerprint density at radius 2 is 1.82 bits per heavy atom. The molecule has 1 aliphatic carbocycles. The minimum absolute atomic E-state index is 0.0746. The van der Waals surface area contributed by atoms with Gasteiger partial charge in [0, 0.05) is 0 Å². The van der Waals surface area contributed by atoms with Crippen LogP contribution in [0.25, 0.3) is 0 Å². The van der Waals surface area contributed by atoms with Crippen LogP contribution in [0, 0.1) is 5.92 Å². The lowest BCUT2D eigenvalue weighted by molar-refractivity contribution is -0.149. The van der Waals surface area contributed by atoms with Crippen LogP contribution in [0.1, 0.15) is 24.0 Å². The van der Waals surface area contributed by atoms with E-state index < -0.39 is 30.2 Å². The fourth-order valence-corrected chi connectivity index (χ4v) is 2.38. The van der Waals surface area contributed by atoms with Crippen LogP contribution in [0.4, 0.5) is 18.9 Å². The van der Waals surface area contributed by atoms with Crippen LogP contribution in [-0.2, 0) is 20.5 Å². The van der Waals surface area contributed by atoms with Gasteiger partial charge in [-0.25, -0.2) is 0 Å². The van der Waals surface area contributed by atoms with Crippen molar-refractivity contribution < 1.29 is 27.5 Å². The average Bonchev–Trinajstić information content (AvgIpc) is 3.52. The molecule has 146 valence electrons. The Morgan fingerprint density at radius 1 is 1.11 bits per heavy atom. The zero-order chi connectivity index (χ0) is 20.1. The molecule has 1 saturated carbocycles. The van der Waals surface area contributed by atoms with Crippen molar-refractivity contribution in [3.63, 3.8) is 0 Å². The summed E-state index contributed by atoms with van der Waals surface area (Å²) in [7, 11) is 0. The fraction of sp³-hybridized carbons (Fsp3) is 0.250. The van der Waals surface area contributed by atoms with Gasteiger partial charge >= 0.3 is 12.1 Å². The Morgan fingerprint density at radius 3 is 2.46 bits per heavy atom. The van der Waals surface area contributed by atoms with Crippen LogP contribution in [0.3, 0.4) is 0 Å². The molecule has 8 heteroatoms. The van der Waals surface area contributed by atoms with Gasteiger partial charge in [0.1, 0.15) is 0 Å². The monoisotopic (exact) mass is 390 g/mol. The average molecular weight is 390 g/mol. The molecule has 0 atom stereocenters. The number of alkyl halides is 3. The first-order valence-corrected chi connectivity index (χ1v) is 8.60. The Hall–Kier alpha value is -3.16. The van der Waals surface area contributed by atoms with E-state index in [-0.39, 0.29) is 11.6 Å². The molecule has 1 amide bonds.